The van der Waals surface area contributed by atoms with Crippen LogP contribution in [0.5, 0.6) is 0 Å². The second-order valence-corrected chi connectivity index (χ2v) is 23.9. The van der Waals surface area contributed by atoms with Gasteiger partial charge in [0.25, 0.3) is 0 Å². The van der Waals surface area contributed by atoms with E-state index in [-0.39, 0.29) is 19.1 Å². The van der Waals surface area contributed by atoms with Crippen LogP contribution in [-0.2, 0) is 18.4 Å². The summed E-state index contributed by atoms with van der Waals surface area (Å²) in [6, 6.07) is -0.870. The highest BCUT2D eigenvalue weighted by Gasteiger charge is 2.27. The van der Waals surface area contributed by atoms with E-state index in [1.807, 2.05) is 27.2 Å². The first-order valence-corrected chi connectivity index (χ1v) is 32.7. The van der Waals surface area contributed by atoms with Crippen molar-refractivity contribution in [2.45, 2.75) is 302 Å². The molecule has 73 heavy (non-hydrogen) atoms. The normalized spacial score (nSPS) is 14.2. The summed E-state index contributed by atoms with van der Waals surface area (Å²) in [5.41, 5.74) is 0. The largest absolute Gasteiger partial charge is 0.472 e. The number of phosphoric acid groups is 1. The van der Waals surface area contributed by atoms with E-state index in [4.69, 9.17) is 9.05 Å². The first-order chi connectivity index (χ1) is 35.5. The number of nitrogens with one attached hydrogen (secondary N) is 1. The van der Waals surface area contributed by atoms with Crippen molar-refractivity contribution >= 4 is 13.7 Å². The van der Waals surface area contributed by atoms with E-state index >= 15 is 0 Å². The first-order valence-electron chi connectivity index (χ1n) is 31.2. The Balaban J connectivity index is 3.91. The molecule has 0 rings (SSSR count). The van der Waals surface area contributed by atoms with Crippen molar-refractivity contribution in [3.63, 3.8) is 0 Å². The van der Waals surface area contributed by atoms with Gasteiger partial charge in [0.1, 0.15) is 13.2 Å². The van der Waals surface area contributed by atoms with Crippen LogP contribution in [0, 0.1) is 0 Å². The fraction of sp³-hybridized carbons (Fsp3) is 0.828. The van der Waals surface area contributed by atoms with Gasteiger partial charge in [-0.15, -0.1) is 0 Å². The van der Waals surface area contributed by atoms with E-state index in [2.05, 4.69) is 67.8 Å². The third-order valence-corrected chi connectivity index (χ3v) is 14.9. The quantitative estimate of drug-likeness (QED) is 0.0243. The topological polar surface area (TPSA) is 105 Å². The number of rotatable bonds is 57. The summed E-state index contributed by atoms with van der Waals surface area (Å²) < 4.78 is 23.6. The average molecular weight is 1050 g/mol. The Morgan fingerprint density at radius 3 is 1.22 bits per heavy atom. The van der Waals surface area contributed by atoms with Gasteiger partial charge in [0.2, 0.25) is 5.91 Å². The predicted molar refractivity (Wildman–Crippen MR) is 318 cm³/mol. The molecule has 8 nitrogen and oxygen atoms in total. The summed E-state index contributed by atoms with van der Waals surface area (Å²) in [6.07, 6.45) is 75.2. The third kappa shape index (κ3) is 57.7. The number of carbonyl (C=O) groups is 1. The van der Waals surface area contributed by atoms with Crippen LogP contribution < -0.4 is 5.32 Å². The van der Waals surface area contributed by atoms with Gasteiger partial charge in [-0.05, 0) is 70.6 Å². The predicted octanol–water partition coefficient (Wildman–Crippen LogP) is 19.3. The molecule has 428 valence electrons. The molecule has 0 spiro atoms. The van der Waals surface area contributed by atoms with Gasteiger partial charge in [0.15, 0.2) is 0 Å². The first kappa shape index (κ1) is 71.2. The maximum absolute atomic E-state index is 12.9. The molecule has 0 radical (unpaired) electrons. The maximum Gasteiger partial charge on any atom is 0.472 e. The number of aliphatic hydroxyl groups is 1. The number of hydrogen-bond donors (Lipinski definition) is 3. The van der Waals surface area contributed by atoms with Gasteiger partial charge >= 0.3 is 7.82 Å². The van der Waals surface area contributed by atoms with Crippen LogP contribution in [0.15, 0.2) is 60.8 Å². The van der Waals surface area contributed by atoms with Crippen LogP contribution in [0.2, 0.25) is 0 Å². The molecule has 0 saturated carbocycles. The highest BCUT2D eigenvalue weighted by molar-refractivity contribution is 7.47. The van der Waals surface area contributed by atoms with Crippen LogP contribution in [0.4, 0.5) is 0 Å². The summed E-state index contributed by atoms with van der Waals surface area (Å²) in [5, 5.41) is 13.8. The Hall–Kier alpha value is -1.80. The van der Waals surface area contributed by atoms with Crippen molar-refractivity contribution in [3.05, 3.63) is 60.8 Å². The zero-order valence-corrected chi connectivity index (χ0v) is 49.8. The Bertz CT molecular complexity index is 1370. The van der Waals surface area contributed by atoms with Crippen LogP contribution in [0.25, 0.3) is 0 Å². The van der Waals surface area contributed by atoms with E-state index in [1.165, 1.54) is 212 Å². The lowest BCUT2D eigenvalue weighted by Crippen LogP contribution is -2.45. The lowest BCUT2D eigenvalue weighted by Gasteiger charge is -2.25. The van der Waals surface area contributed by atoms with Gasteiger partial charge in [-0.1, -0.05) is 274 Å². The minimum Gasteiger partial charge on any atom is -0.387 e. The van der Waals surface area contributed by atoms with Gasteiger partial charge in [0.05, 0.1) is 39.9 Å². The van der Waals surface area contributed by atoms with E-state index in [1.54, 1.807) is 6.08 Å². The fourth-order valence-corrected chi connectivity index (χ4v) is 9.77. The maximum atomic E-state index is 12.9. The Kier molecular flexibility index (Phi) is 53.6. The number of phosphoric ester groups is 1. The van der Waals surface area contributed by atoms with Crippen molar-refractivity contribution in [3.8, 4) is 0 Å². The molecule has 0 bridgehead atoms. The number of aliphatic hydroxyl groups excluding tert-OH is 1. The number of amides is 1. The molecule has 1 amide bonds. The molecular formula is C64H122N2O6P+. The number of hydrogen-bond acceptors (Lipinski definition) is 5. The van der Waals surface area contributed by atoms with Crippen molar-refractivity contribution in [2.75, 3.05) is 40.9 Å². The molecular weight excluding hydrogens is 924 g/mol. The molecule has 3 unspecified atom stereocenters. The Morgan fingerprint density at radius 1 is 0.466 bits per heavy atom. The standard InChI is InChI=1S/C64H121N2O6P/c1-6-8-10-12-14-16-18-20-21-22-23-24-25-26-27-28-29-30-31-32-33-34-35-36-37-38-39-40-41-42-43-44-45-46-48-50-52-54-56-58-64(68)65-62(61-72-73(69,70)71-60-59-66(3,4)5)63(67)57-55-53-51-49-47-19-17-15-13-11-9-7-2/h13,15,29-30,32-33,47,49,55,57,62-63,67H,6-12,14,16-28,31,34-46,48,50-54,56,58-61H2,1-5H3,(H-,65,68,69,70)/p+1/b15-13+,30-29-,33-32-,49-47+,57-55+. The number of nitrogens with zero attached hydrogens (tertiary/aromatic N) is 1. The molecule has 3 N–H and O–H groups in total. The summed E-state index contributed by atoms with van der Waals surface area (Å²) in [4.78, 5) is 23.2. The van der Waals surface area contributed by atoms with Gasteiger partial charge in [-0.3, -0.25) is 13.8 Å². The van der Waals surface area contributed by atoms with E-state index in [0.29, 0.717) is 17.4 Å². The SMILES string of the molecule is CCCC/C=C/CC/C=C/CC/C=C/C(O)C(COP(=O)(O)OCC[N+](C)(C)C)NC(=O)CCCCCCCCCCCCCCCCCCC/C=C\C/C=C\CCCCCCCCCCCCCCCCC. The van der Waals surface area contributed by atoms with E-state index in [9.17, 15) is 19.4 Å². The number of unbranched alkanes of at least 4 members (excludes halogenated alkanes) is 36. The summed E-state index contributed by atoms with van der Waals surface area (Å²) in [7, 11) is 1.55. The molecule has 0 aromatic carbocycles. The van der Waals surface area contributed by atoms with Gasteiger partial charge in [0, 0.05) is 6.42 Å². The van der Waals surface area contributed by atoms with Crippen molar-refractivity contribution in [1.82, 2.24) is 5.32 Å². The number of carbonyl (C=O) groups excluding carboxylic acids is 1. The van der Waals surface area contributed by atoms with Crippen molar-refractivity contribution < 1.29 is 32.9 Å². The van der Waals surface area contributed by atoms with Crippen LogP contribution in [0.3, 0.4) is 0 Å². The number of allylic oxidation sites excluding steroid dienone is 9. The van der Waals surface area contributed by atoms with Gasteiger partial charge < -0.3 is 19.8 Å². The number of quaternary nitrogens is 1. The van der Waals surface area contributed by atoms with Crippen molar-refractivity contribution in [2.24, 2.45) is 0 Å². The monoisotopic (exact) mass is 1050 g/mol. The summed E-state index contributed by atoms with van der Waals surface area (Å²) in [6.45, 7) is 4.75. The van der Waals surface area contributed by atoms with Crippen LogP contribution in [-0.4, -0.2) is 73.4 Å². The van der Waals surface area contributed by atoms with Crippen molar-refractivity contribution in [1.29, 1.82) is 0 Å². The molecule has 0 saturated heterocycles. The highest BCUT2D eigenvalue weighted by atomic mass is 31.2. The fourth-order valence-electron chi connectivity index (χ4n) is 9.03. The molecule has 0 aromatic heterocycles. The van der Waals surface area contributed by atoms with Crippen LogP contribution in [0.1, 0.15) is 290 Å². The lowest BCUT2D eigenvalue weighted by atomic mass is 10.0. The van der Waals surface area contributed by atoms with E-state index in [0.717, 1.165) is 57.8 Å². The molecule has 0 fully saturated rings. The number of likely N-dealkylation sites (N-methyl/N-ethyl adjacent to an activating group) is 1. The van der Waals surface area contributed by atoms with E-state index < -0.39 is 20.0 Å². The van der Waals surface area contributed by atoms with Gasteiger partial charge in [-0.2, -0.15) is 0 Å². The smallest absolute Gasteiger partial charge is 0.387 e. The average Bonchev–Trinajstić information content (AvgIpc) is 3.35. The molecule has 0 aliphatic rings. The summed E-state index contributed by atoms with van der Waals surface area (Å²) >= 11 is 0. The molecule has 9 heteroatoms. The zero-order valence-electron chi connectivity index (χ0n) is 48.9. The van der Waals surface area contributed by atoms with Gasteiger partial charge in [-0.25, -0.2) is 4.57 Å². The Morgan fingerprint density at radius 2 is 0.808 bits per heavy atom. The zero-order chi connectivity index (χ0) is 53.5. The third-order valence-electron chi connectivity index (χ3n) is 13.9. The molecule has 0 aliphatic carbocycles. The molecule has 3 atom stereocenters. The minimum absolute atomic E-state index is 0.0525. The molecule has 0 aliphatic heterocycles. The summed E-state index contributed by atoms with van der Waals surface area (Å²) in [5.74, 6) is -0.191. The Labute approximate surface area is 453 Å². The minimum atomic E-state index is -4.35. The second-order valence-electron chi connectivity index (χ2n) is 22.4. The molecule has 0 aromatic rings. The second kappa shape index (κ2) is 55.0. The highest BCUT2D eigenvalue weighted by Crippen LogP contribution is 2.43. The lowest BCUT2D eigenvalue weighted by molar-refractivity contribution is -0.870. The molecule has 0 heterocycles. The van der Waals surface area contributed by atoms with Crippen LogP contribution >= 0.6 is 7.82 Å².